The van der Waals surface area contributed by atoms with Gasteiger partial charge in [-0.15, -0.1) is 0 Å². The summed E-state index contributed by atoms with van der Waals surface area (Å²) in [5.41, 5.74) is 6.56. The van der Waals surface area contributed by atoms with Crippen molar-refractivity contribution in [3.8, 4) is 5.88 Å². The summed E-state index contributed by atoms with van der Waals surface area (Å²) in [6.45, 7) is 4.97. The van der Waals surface area contributed by atoms with E-state index >= 15 is 0 Å². The lowest BCUT2D eigenvalue weighted by atomic mass is 9.83. The van der Waals surface area contributed by atoms with E-state index in [4.69, 9.17) is 10.5 Å². The van der Waals surface area contributed by atoms with Gasteiger partial charge in [-0.05, 0) is 31.6 Å². The highest BCUT2D eigenvalue weighted by Crippen LogP contribution is 2.29. The molecule has 1 aliphatic carbocycles. The van der Waals surface area contributed by atoms with Crippen LogP contribution in [-0.4, -0.2) is 16.6 Å². The fraction of sp³-hybridized carbons (Fsp3) is 0.692. The van der Waals surface area contributed by atoms with E-state index in [0.29, 0.717) is 17.6 Å². The van der Waals surface area contributed by atoms with Crippen molar-refractivity contribution in [3.05, 3.63) is 11.9 Å². The number of aromatic nitrogens is 2. The van der Waals surface area contributed by atoms with Crippen LogP contribution in [0.2, 0.25) is 0 Å². The molecule has 1 aromatic heterocycles. The molecule has 0 amide bonds. The second kappa shape index (κ2) is 5.34. The maximum absolute atomic E-state index is 5.77. The molecule has 1 fully saturated rings. The maximum atomic E-state index is 5.77. The Bertz CT molecular complexity index is 381. The van der Waals surface area contributed by atoms with Crippen LogP contribution in [0.3, 0.4) is 0 Å². The van der Waals surface area contributed by atoms with Crippen LogP contribution >= 0.6 is 0 Å². The average molecular weight is 235 g/mol. The van der Waals surface area contributed by atoms with Crippen LogP contribution in [0.1, 0.15) is 38.2 Å². The van der Waals surface area contributed by atoms with Gasteiger partial charge in [0.15, 0.2) is 0 Å². The van der Waals surface area contributed by atoms with Gasteiger partial charge in [0.05, 0.1) is 12.2 Å². The van der Waals surface area contributed by atoms with Crippen LogP contribution in [0.25, 0.3) is 0 Å². The van der Waals surface area contributed by atoms with Crippen molar-refractivity contribution in [2.24, 2.45) is 11.8 Å². The fourth-order valence-electron chi connectivity index (χ4n) is 2.50. The molecule has 1 heterocycles. The van der Waals surface area contributed by atoms with Gasteiger partial charge in [0, 0.05) is 0 Å². The van der Waals surface area contributed by atoms with Gasteiger partial charge in [-0.1, -0.05) is 19.8 Å². The van der Waals surface area contributed by atoms with Gasteiger partial charge in [-0.2, -0.15) is 0 Å². The van der Waals surface area contributed by atoms with Crippen molar-refractivity contribution in [2.75, 3.05) is 12.3 Å². The Morgan fingerprint density at radius 1 is 1.41 bits per heavy atom. The third kappa shape index (κ3) is 3.08. The number of ether oxygens (including phenoxy) is 1. The van der Waals surface area contributed by atoms with Crippen molar-refractivity contribution in [1.82, 2.24) is 9.97 Å². The first kappa shape index (κ1) is 12.1. The molecule has 0 bridgehead atoms. The first-order valence-electron chi connectivity index (χ1n) is 6.36. The largest absolute Gasteiger partial charge is 0.477 e. The summed E-state index contributed by atoms with van der Waals surface area (Å²) in [6.07, 6.45) is 6.67. The Balaban J connectivity index is 1.91. The molecule has 2 unspecified atom stereocenters. The standard InChI is InChI=1S/C13H21N3O/c1-9-4-3-5-11(6-9)7-17-13-10(2)12(14)15-8-16-13/h8-9,11H,3-7H2,1-2H3,(H2,14,15,16). The molecule has 0 aromatic carbocycles. The number of nitrogen functional groups attached to an aromatic ring is 1. The number of anilines is 1. The minimum absolute atomic E-state index is 0.506. The number of nitrogens with two attached hydrogens (primary N) is 1. The summed E-state index contributed by atoms with van der Waals surface area (Å²) in [4.78, 5) is 8.06. The Hall–Kier alpha value is -1.32. The number of rotatable bonds is 3. The van der Waals surface area contributed by atoms with Crippen LogP contribution in [0.5, 0.6) is 5.88 Å². The van der Waals surface area contributed by atoms with Crippen LogP contribution in [-0.2, 0) is 0 Å². The molecular formula is C13H21N3O. The summed E-state index contributed by atoms with van der Waals surface area (Å²) in [5.74, 6) is 2.63. The lowest BCUT2D eigenvalue weighted by molar-refractivity contribution is 0.177. The van der Waals surface area contributed by atoms with E-state index < -0.39 is 0 Å². The van der Waals surface area contributed by atoms with Crippen molar-refractivity contribution in [3.63, 3.8) is 0 Å². The van der Waals surface area contributed by atoms with Gasteiger partial charge in [0.2, 0.25) is 5.88 Å². The zero-order valence-electron chi connectivity index (χ0n) is 10.6. The summed E-state index contributed by atoms with van der Waals surface area (Å²) >= 11 is 0. The van der Waals surface area contributed by atoms with Gasteiger partial charge >= 0.3 is 0 Å². The highest BCUT2D eigenvalue weighted by molar-refractivity contribution is 5.43. The molecule has 94 valence electrons. The molecule has 1 aromatic rings. The molecule has 4 nitrogen and oxygen atoms in total. The number of nitrogens with zero attached hydrogens (tertiary/aromatic N) is 2. The number of hydrogen-bond donors (Lipinski definition) is 1. The van der Waals surface area contributed by atoms with Crippen molar-refractivity contribution >= 4 is 5.82 Å². The maximum Gasteiger partial charge on any atom is 0.221 e. The molecule has 0 aliphatic heterocycles. The first-order valence-corrected chi connectivity index (χ1v) is 6.36. The van der Waals surface area contributed by atoms with E-state index in [9.17, 15) is 0 Å². The predicted molar refractivity (Wildman–Crippen MR) is 67.8 cm³/mol. The van der Waals surface area contributed by atoms with E-state index in [1.165, 1.54) is 32.0 Å². The smallest absolute Gasteiger partial charge is 0.221 e. The SMILES string of the molecule is Cc1c(N)ncnc1OCC1CCCC(C)C1. The average Bonchev–Trinajstić information content (AvgIpc) is 2.31. The van der Waals surface area contributed by atoms with Gasteiger partial charge in [0.1, 0.15) is 12.1 Å². The quantitative estimate of drug-likeness (QED) is 0.874. The number of hydrogen-bond acceptors (Lipinski definition) is 4. The normalized spacial score (nSPS) is 24.6. The highest BCUT2D eigenvalue weighted by atomic mass is 16.5. The predicted octanol–water partition coefficient (Wildman–Crippen LogP) is 2.57. The summed E-state index contributed by atoms with van der Waals surface area (Å²) in [7, 11) is 0. The molecule has 4 heteroatoms. The van der Waals surface area contributed by atoms with Gasteiger partial charge < -0.3 is 10.5 Å². The van der Waals surface area contributed by atoms with Gasteiger partial charge in [0.25, 0.3) is 0 Å². The van der Waals surface area contributed by atoms with E-state index in [1.807, 2.05) is 6.92 Å². The Morgan fingerprint density at radius 2 is 2.24 bits per heavy atom. The lowest BCUT2D eigenvalue weighted by Crippen LogP contribution is -2.20. The van der Waals surface area contributed by atoms with Crippen molar-refractivity contribution < 1.29 is 4.74 Å². The van der Waals surface area contributed by atoms with Crippen molar-refractivity contribution in [2.45, 2.75) is 39.5 Å². The van der Waals surface area contributed by atoms with E-state index in [1.54, 1.807) is 0 Å². The summed E-state index contributed by atoms with van der Waals surface area (Å²) in [5, 5.41) is 0. The molecule has 2 rings (SSSR count). The van der Waals surface area contributed by atoms with Crippen LogP contribution in [0, 0.1) is 18.8 Å². The second-order valence-electron chi connectivity index (χ2n) is 5.14. The van der Waals surface area contributed by atoms with E-state index in [2.05, 4.69) is 16.9 Å². The zero-order chi connectivity index (χ0) is 12.3. The van der Waals surface area contributed by atoms with Crippen LogP contribution in [0.15, 0.2) is 6.33 Å². The third-order valence-corrected chi connectivity index (χ3v) is 3.58. The van der Waals surface area contributed by atoms with Crippen LogP contribution < -0.4 is 10.5 Å². The monoisotopic (exact) mass is 235 g/mol. The highest BCUT2D eigenvalue weighted by Gasteiger charge is 2.19. The first-order chi connectivity index (χ1) is 8.16. The fourth-order valence-corrected chi connectivity index (χ4v) is 2.50. The summed E-state index contributed by atoms with van der Waals surface area (Å²) < 4.78 is 5.77. The molecule has 1 aliphatic rings. The zero-order valence-corrected chi connectivity index (χ0v) is 10.6. The lowest BCUT2D eigenvalue weighted by Gasteiger charge is -2.26. The molecule has 2 atom stereocenters. The van der Waals surface area contributed by atoms with Crippen LogP contribution in [0.4, 0.5) is 5.82 Å². The molecule has 1 saturated carbocycles. The minimum Gasteiger partial charge on any atom is -0.477 e. The topological polar surface area (TPSA) is 61.0 Å². The van der Waals surface area contributed by atoms with Gasteiger partial charge in [-0.3, -0.25) is 0 Å². The second-order valence-corrected chi connectivity index (χ2v) is 5.14. The third-order valence-electron chi connectivity index (χ3n) is 3.58. The van der Waals surface area contributed by atoms with E-state index in [0.717, 1.165) is 18.1 Å². The molecule has 2 N–H and O–H groups in total. The Morgan fingerprint density at radius 3 is 3.00 bits per heavy atom. The molecule has 17 heavy (non-hydrogen) atoms. The van der Waals surface area contributed by atoms with E-state index in [-0.39, 0.29) is 0 Å². The minimum atomic E-state index is 0.506. The Kier molecular flexibility index (Phi) is 3.82. The molecule has 0 saturated heterocycles. The van der Waals surface area contributed by atoms with Gasteiger partial charge in [-0.25, -0.2) is 9.97 Å². The Labute approximate surface area is 103 Å². The van der Waals surface area contributed by atoms with Crippen molar-refractivity contribution in [1.29, 1.82) is 0 Å². The summed E-state index contributed by atoms with van der Waals surface area (Å²) in [6, 6.07) is 0. The molecular weight excluding hydrogens is 214 g/mol. The molecule has 0 spiro atoms. The molecule has 0 radical (unpaired) electrons.